The predicted molar refractivity (Wildman–Crippen MR) is 117 cm³/mol. The van der Waals surface area contributed by atoms with Crippen LogP contribution in [0.1, 0.15) is 11.1 Å². The second-order valence-electron chi connectivity index (χ2n) is 7.28. The highest BCUT2D eigenvalue weighted by atomic mass is 32.2. The minimum Gasteiger partial charge on any atom is -0.496 e. The average Bonchev–Trinajstić information content (AvgIpc) is 3.13. The highest BCUT2D eigenvalue weighted by Gasteiger charge is 2.49. The molecule has 2 atom stereocenters. The molecule has 2 aliphatic rings. The molecule has 0 bridgehead atoms. The van der Waals surface area contributed by atoms with Gasteiger partial charge < -0.3 is 9.64 Å². The third kappa shape index (κ3) is 4.18. The number of amidine groups is 1. The molecular formula is C21H22N2O4S2. The van der Waals surface area contributed by atoms with Crippen molar-refractivity contribution in [2.75, 3.05) is 23.5 Å². The van der Waals surface area contributed by atoms with Gasteiger partial charge in [0.25, 0.3) is 5.91 Å². The van der Waals surface area contributed by atoms with Crippen LogP contribution in [0.2, 0.25) is 0 Å². The summed E-state index contributed by atoms with van der Waals surface area (Å²) >= 11 is 1.38. The predicted octanol–water partition coefficient (Wildman–Crippen LogP) is 2.85. The van der Waals surface area contributed by atoms with E-state index in [-0.39, 0.29) is 35.1 Å². The molecule has 0 saturated carbocycles. The Morgan fingerprint density at radius 3 is 2.62 bits per heavy atom. The molecule has 152 valence electrons. The van der Waals surface area contributed by atoms with Gasteiger partial charge in [-0.3, -0.25) is 4.79 Å². The molecule has 0 aliphatic carbocycles. The number of fused-ring (bicyclic) bond motifs is 1. The molecule has 29 heavy (non-hydrogen) atoms. The van der Waals surface area contributed by atoms with Crippen LogP contribution in [0.25, 0.3) is 0 Å². The number of methoxy groups -OCH3 is 1. The van der Waals surface area contributed by atoms with E-state index in [4.69, 9.17) is 4.74 Å². The van der Waals surface area contributed by atoms with Gasteiger partial charge in [-0.1, -0.05) is 47.7 Å². The van der Waals surface area contributed by atoms with Gasteiger partial charge in [0.05, 0.1) is 31.1 Å². The summed E-state index contributed by atoms with van der Waals surface area (Å²) in [6.45, 7) is 2.00. The first-order valence-electron chi connectivity index (χ1n) is 9.33. The van der Waals surface area contributed by atoms with Gasteiger partial charge in [0.15, 0.2) is 15.0 Å². The van der Waals surface area contributed by atoms with E-state index in [1.165, 1.54) is 11.8 Å². The van der Waals surface area contributed by atoms with E-state index in [1.807, 2.05) is 60.4 Å². The molecule has 2 heterocycles. The molecule has 0 N–H and O–H groups in total. The summed E-state index contributed by atoms with van der Waals surface area (Å²) in [7, 11) is -1.51. The molecule has 2 fully saturated rings. The molecule has 6 nitrogen and oxygen atoms in total. The van der Waals surface area contributed by atoms with E-state index in [0.717, 1.165) is 16.8 Å². The Morgan fingerprint density at radius 1 is 1.17 bits per heavy atom. The lowest BCUT2D eigenvalue weighted by atomic mass is 10.1. The van der Waals surface area contributed by atoms with Crippen molar-refractivity contribution in [3.05, 3.63) is 59.7 Å². The minimum atomic E-state index is -3.08. The van der Waals surface area contributed by atoms with Crippen molar-refractivity contribution in [1.82, 2.24) is 0 Å². The van der Waals surface area contributed by atoms with Gasteiger partial charge in [-0.2, -0.15) is 4.99 Å². The lowest BCUT2D eigenvalue weighted by molar-refractivity contribution is -0.117. The van der Waals surface area contributed by atoms with Crippen LogP contribution < -0.4 is 9.64 Å². The topological polar surface area (TPSA) is 76.0 Å². The number of benzene rings is 2. The van der Waals surface area contributed by atoms with Gasteiger partial charge in [0.2, 0.25) is 0 Å². The first-order valence-corrected chi connectivity index (χ1v) is 12.0. The van der Waals surface area contributed by atoms with Crippen molar-refractivity contribution >= 4 is 38.4 Å². The van der Waals surface area contributed by atoms with Crippen LogP contribution >= 0.6 is 11.8 Å². The fourth-order valence-corrected chi connectivity index (χ4v) is 7.66. The Kier molecular flexibility index (Phi) is 5.40. The summed E-state index contributed by atoms with van der Waals surface area (Å²) in [5.41, 5.74) is 2.75. The second-order valence-corrected chi connectivity index (χ2v) is 10.6. The summed E-state index contributed by atoms with van der Waals surface area (Å²) in [5.74, 6) is 0.568. The maximum atomic E-state index is 12.7. The highest BCUT2D eigenvalue weighted by Crippen LogP contribution is 2.41. The summed E-state index contributed by atoms with van der Waals surface area (Å²) in [4.78, 5) is 19.0. The van der Waals surface area contributed by atoms with Crippen LogP contribution in [-0.4, -0.2) is 49.4 Å². The fraction of sp³-hybridized carbons (Fsp3) is 0.333. The van der Waals surface area contributed by atoms with Gasteiger partial charge >= 0.3 is 0 Å². The van der Waals surface area contributed by atoms with Gasteiger partial charge in [0, 0.05) is 16.5 Å². The van der Waals surface area contributed by atoms with Crippen LogP contribution in [0.5, 0.6) is 5.75 Å². The van der Waals surface area contributed by atoms with Crippen LogP contribution in [-0.2, 0) is 21.1 Å². The lowest BCUT2D eigenvalue weighted by Gasteiger charge is -2.24. The maximum absolute atomic E-state index is 12.7. The first-order chi connectivity index (χ1) is 13.9. The maximum Gasteiger partial charge on any atom is 0.252 e. The van der Waals surface area contributed by atoms with Gasteiger partial charge in [0.1, 0.15) is 5.75 Å². The van der Waals surface area contributed by atoms with E-state index in [1.54, 1.807) is 7.11 Å². The normalized spacial score (nSPS) is 23.9. The van der Waals surface area contributed by atoms with E-state index in [2.05, 4.69) is 4.99 Å². The molecular weight excluding hydrogens is 408 g/mol. The Balaban J connectivity index is 1.64. The highest BCUT2D eigenvalue weighted by molar-refractivity contribution is 8.16. The van der Waals surface area contributed by atoms with Crippen molar-refractivity contribution in [3.8, 4) is 5.75 Å². The minimum absolute atomic E-state index is 0.0816. The summed E-state index contributed by atoms with van der Waals surface area (Å²) in [5, 5.41) is 0.456. The fourth-order valence-electron chi connectivity index (χ4n) is 3.73. The number of rotatable bonds is 4. The van der Waals surface area contributed by atoms with Crippen molar-refractivity contribution in [2.45, 2.75) is 24.6 Å². The monoisotopic (exact) mass is 430 g/mol. The van der Waals surface area contributed by atoms with E-state index < -0.39 is 9.84 Å². The van der Waals surface area contributed by atoms with E-state index in [9.17, 15) is 13.2 Å². The standard InChI is InChI=1S/C21H22N2O4S2/c1-14-7-9-16(10-8-14)23-17-12-29(25,26)13-19(17)28-21(23)22-20(24)11-15-5-3-4-6-18(15)27-2/h3-10,17,19H,11-13H2,1-2H3/t17-,19-/m1/s1. The Hall–Kier alpha value is -2.32. The van der Waals surface area contributed by atoms with Gasteiger partial charge in [-0.25, -0.2) is 8.42 Å². The van der Waals surface area contributed by atoms with Crippen molar-refractivity contribution < 1.29 is 17.9 Å². The van der Waals surface area contributed by atoms with Crippen LogP contribution in [0, 0.1) is 6.92 Å². The molecule has 4 rings (SSSR count). The van der Waals surface area contributed by atoms with Gasteiger partial charge in [-0.15, -0.1) is 0 Å². The number of aryl methyl sites for hydroxylation is 1. The molecule has 2 aromatic rings. The van der Waals surface area contributed by atoms with Gasteiger partial charge in [-0.05, 0) is 25.1 Å². The lowest BCUT2D eigenvalue weighted by Crippen LogP contribution is -2.37. The number of hydrogen-bond donors (Lipinski definition) is 0. The van der Waals surface area contributed by atoms with Crippen molar-refractivity contribution in [3.63, 3.8) is 0 Å². The summed E-state index contributed by atoms with van der Waals surface area (Å²) in [6, 6.07) is 15.0. The average molecular weight is 431 g/mol. The Labute approximate surface area is 174 Å². The molecule has 8 heteroatoms. The van der Waals surface area contributed by atoms with Crippen LogP contribution in [0.3, 0.4) is 0 Å². The number of sulfone groups is 1. The molecule has 0 unspecified atom stereocenters. The number of hydrogen-bond acceptors (Lipinski definition) is 5. The quantitative estimate of drug-likeness (QED) is 0.743. The van der Waals surface area contributed by atoms with E-state index in [0.29, 0.717) is 10.9 Å². The Morgan fingerprint density at radius 2 is 1.90 bits per heavy atom. The molecule has 2 saturated heterocycles. The molecule has 0 aromatic heterocycles. The number of para-hydroxylation sites is 1. The van der Waals surface area contributed by atoms with Crippen LogP contribution in [0.15, 0.2) is 53.5 Å². The number of carbonyl (C=O) groups is 1. The number of thioether (sulfide) groups is 1. The SMILES string of the molecule is COc1ccccc1CC(=O)N=C1S[C@@H]2CS(=O)(=O)C[C@H]2N1c1ccc(C)cc1. The molecule has 0 spiro atoms. The second kappa shape index (κ2) is 7.84. The molecule has 2 aromatic carbocycles. The summed E-state index contributed by atoms with van der Waals surface area (Å²) in [6.07, 6.45) is 0.128. The third-order valence-corrected chi connectivity index (χ3v) is 8.34. The zero-order valence-electron chi connectivity index (χ0n) is 16.2. The number of anilines is 1. The largest absolute Gasteiger partial charge is 0.496 e. The number of carbonyl (C=O) groups excluding carboxylic acids is 1. The number of ether oxygens (including phenoxy) is 1. The molecule has 0 radical (unpaired) electrons. The Bertz CT molecular complexity index is 1060. The number of aliphatic imine (C=N–C) groups is 1. The zero-order valence-corrected chi connectivity index (χ0v) is 17.9. The number of amides is 1. The van der Waals surface area contributed by atoms with Crippen LogP contribution in [0.4, 0.5) is 5.69 Å². The van der Waals surface area contributed by atoms with Crippen molar-refractivity contribution in [2.24, 2.45) is 4.99 Å². The molecule has 2 aliphatic heterocycles. The van der Waals surface area contributed by atoms with Crippen molar-refractivity contribution in [1.29, 1.82) is 0 Å². The first kappa shape index (κ1) is 20.0. The molecule has 1 amide bonds. The van der Waals surface area contributed by atoms with E-state index >= 15 is 0 Å². The summed E-state index contributed by atoms with van der Waals surface area (Å²) < 4.78 is 29.6. The smallest absolute Gasteiger partial charge is 0.252 e. The number of nitrogens with zero attached hydrogens (tertiary/aromatic N) is 2. The third-order valence-electron chi connectivity index (χ3n) is 5.13. The zero-order chi connectivity index (χ0) is 20.6.